The number of carbonyl (C=O) groups excluding carboxylic acids is 1. The van der Waals surface area contributed by atoms with Gasteiger partial charge < -0.3 is 14.6 Å². The molecule has 0 fully saturated rings. The van der Waals surface area contributed by atoms with Crippen LogP contribution in [-0.2, 0) is 25.4 Å². The Morgan fingerprint density at radius 3 is 2.48 bits per heavy atom. The molecule has 0 unspecified atom stereocenters. The Kier molecular flexibility index (Phi) is 6.12. The zero-order valence-electron chi connectivity index (χ0n) is 16.8. The molecule has 0 bridgehead atoms. The summed E-state index contributed by atoms with van der Waals surface area (Å²) >= 11 is 1.23. The van der Waals surface area contributed by atoms with Crippen molar-refractivity contribution in [3.63, 3.8) is 0 Å². The minimum Gasteiger partial charge on any atom is -0.497 e. The van der Waals surface area contributed by atoms with Gasteiger partial charge in [-0.1, -0.05) is 18.7 Å². The molecule has 0 saturated carbocycles. The van der Waals surface area contributed by atoms with E-state index < -0.39 is 11.2 Å². The zero-order valence-corrected chi connectivity index (χ0v) is 17.6. The molecule has 29 heavy (non-hydrogen) atoms. The summed E-state index contributed by atoms with van der Waals surface area (Å²) in [6, 6.07) is 7.04. The molecule has 2 aromatic heterocycles. The monoisotopic (exact) mass is 417 g/mol. The van der Waals surface area contributed by atoms with Crippen molar-refractivity contribution in [2.24, 2.45) is 14.1 Å². The summed E-state index contributed by atoms with van der Waals surface area (Å²) in [5.74, 6) is 0.628. The molecule has 9 nitrogen and oxygen atoms in total. The van der Waals surface area contributed by atoms with Crippen LogP contribution in [0.4, 0.5) is 5.69 Å². The van der Waals surface area contributed by atoms with E-state index in [-0.39, 0.29) is 11.7 Å². The van der Waals surface area contributed by atoms with Crippen LogP contribution >= 0.6 is 11.8 Å². The number of thioether (sulfide) groups is 1. The van der Waals surface area contributed by atoms with Crippen molar-refractivity contribution in [3.8, 4) is 5.75 Å². The lowest BCUT2D eigenvalue weighted by Crippen LogP contribution is -2.37. The number of aryl methyl sites for hydroxylation is 2. The molecule has 10 heteroatoms. The van der Waals surface area contributed by atoms with Gasteiger partial charge in [-0.3, -0.25) is 18.7 Å². The second-order valence-corrected chi connectivity index (χ2v) is 7.43. The number of ether oxygens (including phenoxy) is 1. The Morgan fingerprint density at radius 1 is 1.17 bits per heavy atom. The third-order valence-corrected chi connectivity index (χ3v) is 5.44. The molecule has 0 saturated heterocycles. The van der Waals surface area contributed by atoms with Crippen molar-refractivity contribution < 1.29 is 9.53 Å². The Balaban J connectivity index is 1.85. The van der Waals surface area contributed by atoms with E-state index in [0.29, 0.717) is 34.3 Å². The van der Waals surface area contributed by atoms with Crippen molar-refractivity contribution in [2.75, 3.05) is 18.2 Å². The molecule has 0 atom stereocenters. The van der Waals surface area contributed by atoms with Gasteiger partial charge in [-0.2, -0.15) is 0 Å². The first-order valence-electron chi connectivity index (χ1n) is 9.10. The highest BCUT2D eigenvalue weighted by molar-refractivity contribution is 7.99. The number of methoxy groups -OCH3 is 1. The van der Waals surface area contributed by atoms with Gasteiger partial charge in [-0.05, 0) is 30.7 Å². The third kappa shape index (κ3) is 4.07. The third-order valence-electron chi connectivity index (χ3n) is 4.47. The molecule has 1 amide bonds. The molecule has 0 aliphatic heterocycles. The molecular formula is C19H23N5O4S. The molecule has 0 radical (unpaired) electrons. The smallest absolute Gasteiger partial charge is 0.332 e. The van der Waals surface area contributed by atoms with E-state index in [0.717, 1.165) is 11.0 Å². The lowest BCUT2D eigenvalue weighted by molar-refractivity contribution is -0.113. The second kappa shape index (κ2) is 8.56. The fourth-order valence-electron chi connectivity index (χ4n) is 2.97. The average molecular weight is 417 g/mol. The second-order valence-electron chi connectivity index (χ2n) is 6.49. The quantitative estimate of drug-likeness (QED) is 0.586. The molecule has 0 spiro atoms. The van der Waals surface area contributed by atoms with E-state index in [2.05, 4.69) is 10.3 Å². The van der Waals surface area contributed by atoms with E-state index in [4.69, 9.17) is 4.74 Å². The maximum Gasteiger partial charge on any atom is 0.332 e. The van der Waals surface area contributed by atoms with Gasteiger partial charge in [0.05, 0.1) is 12.9 Å². The van der Waals surface area contributed by atoms with Crippen molar-refractivity contribution in [1.82, 2.24) is 18.7 Å². The van der Waals surface area contributed by atoms with Crippen LogP contribution in [0, 0.1) is 0 Å². The molecule has 0 aliphatic rings. The number of hydrogen-bond donors (Lipinski definition) is 1. The molecule has 1 N–H and O–H groups in total. The topological polar surface area (TPSA) is 100 Å². The number of benzene rings is 1. The molecule has 3 rings (SSSR count). The predicted molar refractivity (Wildman–Crippen MR) is 113 cm³/mol. The van der Waals surface area contributed by atoms with Crippen molar-refractivity contribution >= 4 is 34.5 Å². The highest BCUT2D eigenvalue weighted by Gasteiger charge is 2.19. The van der Waals surface area contributed by atoms with Gasteiger partial charge >= 0.3 is 5.69 Å². The molecule has 154 valence electrons. The van der Waals surface area contributed by atoms with E-state index in [1.165, 1.54) is 23.4 Å². The highest BCUT2D eigenvalue weighted by Crippen LogP contribution is 2.22. The average Bonchev–Trinajstić information content (AvgIpc) is 3.08. The summed E-state index contributed by atoms with van der Waals surface area (Å²) in [5.41, 5.74) is 0.532. The number of aromatic nitrogens is 4. The summed E-state index contributed by atoms with van der Waals surface area (Å²) in [7, 11) is 4.61. The maximum atomic E-state index is 12.6. The Morgan fingerprint density at radius 2 is 1.86 bits per heavy atom. The standard InChI is InChI=1S/C19H23N5O4S/c1-5-10-24-15-16(22(2)19(27)23(3)17(15)26)21-18(24)29-11-14(25)20-12-6-8-13(28-4)9-7-12/h6-9H,5,10-11H2,1-4H3,(H,20,25). The van der Waals surface area contributed by atoms with Crippen LogP contribution in [0.15, 0.2) is 39.0 Å². The van der Waals surface area contributed by atoms with Gasteiger partial charge in [0.25, 0.3) is 5.56 Å². The van der Waals surface area contributed by atoms with Gasteiger partial charge in [0, 0.05) is 26.3 Å². The lowest BCUT2D eigenvalue weighted by atomic mass is 10.3. The fraction of sp³-hybridized carbons (Fsp3) is 0.368. The SMILES string of the molecule is CCCn1c(SCC(=O)Nc2ccc(OC)cc2)nc2c1c(=O)n(C)c(=O)n2C. The van der Waals surface area contributed by atoms with Crippen molar-refractivity contribution in [2.45, 2.75) is 25.0 Å². The number of nitrogens with zero attached hydrogens (tertiary/aromatic N) is 4. The first-order chi connectivity index (χ1) is 13.9. The van der Waals surface area contributed by atoms with E-state index >= 15 is 0 Å². The fourth-order valence-corrected chi connectivity index (χ4v) is 3.79. The van der Waals surface area contributed by atoms with Gasteiger partial charge in [-0.15, -0.1) is 0 Å². The van der Waals surface area contributed by atoms with Gasteiger partial charge in [0.1, 0.15) is 5.75 Å². The zero-order chi connectivity index (χ0) is 21.1. The van der Waals surface area contributed by atoms with Gasteiger partial charge in [0.2, 0.25) is 5.91 Å². The maximum absolute atomic E-state index is 12.6. The minimum absolute atomic E-state index is 0.118. The Bertz CT molecular complexity index is 1160. The van der Waals surface area contributed by atoms with E-state index in [1.54, 1.807) is 43.0 Å². The van der Waals surface area contributed by atoms with Gasteiger partial charge in [0.15, 0.2) is 16.3 Å². The van der Waals surface area contributed by atoms with Crippen LogP contribution in [0.25, 0.3) is 11.2 Å². The Hall–Kier alpha value is -3.01. The largest absolute Gasteiger partial charge is 0.497 e. The molecule has 3 aromatic rings. The summed E-state index contributed by atoms with van der Waals surface area (Å²) in [6.07, 6.45) is 0.781. The van der Waals surface area contributed by atoms with Crippen LogP contribution < -0.4 is 21.3 Å². The van der Waals surface area contributed by atoms with Gasteiger partial charge in [-0.25, -0.2) is 9.78 Å². The number of anilines is 1. The number of nitrogens with one attached hydrogen (secondary N) is 1. The van der Waals surface area contributed by atoms with Crippen molar-refractivity contribution in [3.05, 3.63) is 45.1 Å². The minimum atomic E-state index is -0.433. The molecule has 1 aromatic carbocycles. The van der Waals surface area contributed by atoms with E-state index in [1.807, 2.05) is 6.92 Å². The number of hydrogen-bond acceptors (Lipinski definition) is 6. The van der Waals surface area contributed by atoms with Crippen LogP contribution in [0.3, 0.4) is 0 Å². The summed E-state index contributed by atoms with van der Waals surface area (Å²) in [5, 5.41) is 3.35. The predicted octanol–water partition coefficient (Wildman–Crippen LogP) is 1.58. The first-order valence-corrected chi connectivity index (χ1v) is 10.1. The number of imidazole rings is 1. The first kappa shape index (κ1) is 20.7. The summed E-state index contributed by atoms with van der Waals surface area (Å²) < 4.78 is 9.30. The van der Waals surface area contributed by atoms with Crippen LogP contribution in [0.2, 0.25) is 0 Å². The van der Waals surface area contributed by atoms with Crippen LogP contribution in [0.5, 0.6) is 5.75 Å². The Labute approximate surface area is 171 Å². The summed E-state index contributed by atoms with van der Waals surface area (Å²) in [4.78, 5) is 41.6. The summed E-state index contributed by atoms with van der Waals surface area (Å²) in [6.45, 7) is 2.55. The lowest BCUT2D eigenvalue weighted by Gasteiger charge is -2.08. The van der Waals surface area contributed by atoms with E-state index in [9.17, 15) is 14.4 Å². The number of fused-ring (bicyclic) bond motifs is 1. The van der Waals surface area contributed by atoms with Crippen LogP contribution in [0.1, 0.15) is 13.3 Å². The van der Waals surface area contributed by atoms with Crippen LogP contribution in [-0.4, -0.2) is 37.5 Å². The highest BCUT2D eigenvalue weighted by atomic mass is 32.2. The normalized spacial score (nSPS) is 11.0. The molecule has 0 aliphatic carbocycles. The molecular weight excluding hydrogens is 394 g/mol. The molecule has 2 heterocycles. The number of amides is 1. The van der Waals surface area contributed by atoms with Crippen molar-refractivity contribution in [1.29, 1.82) is 0 Å². The number of carbonyl (C=O) groups is 1. The number of rotatable bonds is 7.